The molecule has 0 spiro atoms. The van der Waals surface area contributed by atoms with E-state index in [1.54, 1.807) is 36.0 Å². The zero-order valence-electron chi connectivity index (χ0n) is 14.9. The molecule has 0 saturated carbocycles. The van der Waals surface area contributed by atoms with Gasteiger partial charge in [0, 0.05) is 6.54 Å². The SMILES string of the molecule is CSCC[C@H](NC(=O)c1ccccc1Cl)C(=O)NCc1ccc(C)cc1. The van der Waals surface area contributed by atoms with Gasteiger partial charge in [0.1, 0.15) is 6.04 Å². The van der Waals surface area contributed by atoms with Crippen molar-refractivity contribution in [2.75, 3.05) is 12.0 Å². The molecular weight excluding hydrogens is 368 g/mol. The average molecular weight is 391 g/mol. The highest BCUT2D eigenvalue weighted by Crippen LogP contribution is 2.15. The van der Waals surface area contributed by atoms with E-state index in [1.165, 1.54) is 5.56 Å². The molecule has 26 heavy (non-hydrogen) atoms. The average Bonchev–Trinajstić information content (AvgIpc) is 2.64. The summed E-state index contributed by atoms with van der Waals surface area (Å²) < 4.78 is 0. The van der Waals surface area contributed by atoms with Crippen LogP contribution in [-0.2, 0) is 11.3 Å². The Kier molecular flexibility index (Phi) is 8.01. The van der Waals surface area contributed by atoms with E-state index in [-0.39, 0.29) is 11.8 Å². The minimum Gasteiger partial charge on any atom is -0.350 e. The number of carbonyl (C=O) groups is 2. The van der Waals surface area contributed by atoms with Crippen molar-refractivity contribution < 1.29 is 9.59 Å². The summed E-state index contributed by atoms with van der Waals surface area (Å²) in [4.78, 5) is 25.0. The van der Waals surface area contributed by atoms with Crippen LogP contribution in [0.2, 0.25) is 5.02 Å². The van der Waals surface area contributed by atoms with Gasteiger partial charge in [-0.2, -0.15) is 11.8 Å². The monoisotopic (exact) mass is 390 g/mol. The number of thioether (sulfide) groups is 1. The van der Waals surface area contributed by atoms with Crippen molar-refractivity contribution in [3.8, 4) is 0 Å². The molecule has 0 heterocycles. The molecule has 0 radical (unpaired) electrons. The third kappa shape index (κ3) is 6.07. The highest BCUT2D eigenvalue weighted by Gasteiger charge is 2.21. The van der Waals surface area contributed by atoms with Gasteiger partial charge in [0.25, 0.3) is 5.91 Å². The number of halogens is 1. The molecule has 0 bridgehead atoms. The van der Waals surface area contributed by atoms with Crippen molar-refractivity contribution in [3.63, 3.8) is 0 Å². The number of aryl methyl sites for hydroxylation is 1. The Hall–Kier alpha value is -1.98. The zero-order valence-corrected chi connectivity index (χ0v) is 16.5. The van der Waals surface area contributed by atoms with Gasteiger partial charge in [0.05, 0.1) is 10.6 Å². The Bertz CT molecular complexity index is 750. The molecule has 2 aromatic rings. The molecule has 0 fully saturated rings. The van der Waals surface area contributed by atoms with E-state index in [0.717, 1.165) is 11.3 Å². The fraction of sp³-hybridized carbons (Fsp3) is 0.300. The van der Waals surface area contributed by atoms with Gasteiger partial charge >= 0.3 is 0 Å². The van der Waals surface area contributed by atoms with E-state index in [1.807, 2.05) is 37.4 Å². The van der Waals surface area contributed by atoms with Crippen LogP contribution in [0, 0.1) is 6.92 Å². The van der Waals surface area contributed by atoms with Crippen molar-refractivity contribution in [1.82, 2.24) is 10.6 Å². The summed E-state index contributed by atoms with van der Waals surface area (Å²) in [5.74, 6) is 0.234. The second-order valence-corrected chi connectivity index (χ2v) is 7.38. The van der Waals surface area contributed by atoms with Gasteiger partial charge in [-0.05, 0) is 43.0 Å². The molecule has 2 aromatic carbocycles. The lowest BCUT2D eigenvalue weighted by Crippen LogP contribution is -2.47. The summed E-state index contributed by atoms with van der Waals surface area (Å²) in [6.07, 6.45) is 2.52. The molecule has 0 unspecified atom stereocenters. The van der Waals surface area contributed by atoms with Gasteiger partial charge in [-0.1, -0.05) is 53.6 Å². The predicted molar refractivity (Wildman–Crippen MR) is 109 cm³/mol. The van der Waals surface area contributed by atoms with Crippen molar-refractivity contribution in [3.05, 3.63) is 70.2 Å². The third-order valence-corrected chi connectivity index (χ3v) is 4.91. The molecule has 138 valence electrons. The molecule has 0 aliphatic heterocycles. The molecule has 0 aliphatic carbocycles. The third-order valence-electron chi connectivity index (χ3n) is 3.94. The van der Waals surface area contributed by atoms with E-state index in [2.05, 4.69) is 10.6 Å². The Morgan fingerprint density at radius 1 is 1.12 bits per heavy atom. The van der Waals surface area contributed by atoms with Gasteiger partial charge in [-0.3, -0.25) is 9.59 Å². The normalized spacial score (nSPS) is 11.7. The van der Waals surface area contributed by atoms with Crippen molar-refractivity contribution in [1.29, 1.82) is 0 Å². The lowest BCUT2D eigenvalue weighted by atomic mass is 10.1. The predicted octanol–water partition coefficient (Wildman–Crippen LogP) is 3.82. The number of carbonyl (C=O) groups excluding carboxylic acids is 2. The zero-order chi connectivity index (χ0) is 18.9. The fourth-order valence-electron chi connectivity index (χ4n) is 2.40. The van der Waals surface area contributed by atoms with E-state index >= 15 is 0 Å². The van der Waals surface area contributed by atoms with Crippen LogP contribution in [0.4, 0.5) is 0 Å². The van der Waals surface area contributed by atoms with Gasteiger partial charge < -0.3 is 10.6 Å². The Balaban J connectivity index is 2.00. The molecule has 4 nitrogen and oxygen atoms in total. The van der Waals surface area contributed by atoms with E-state index in [4.69, 9.17) is 11.6 Å². The molecule has 0 saturated heterocycles. The quantitative estimate of drug-likeness (QED) is 0.720. The Morgan fingerprint density at radius 2 is 1.81 bits per heavy atom. The van der Waals surface area contributed by atoms with Gasteiger partial charge in [-0.25, -0.2) is 0 Å². The summed E-state index contributed by atoms with van der Waals surface area (Å²) in [6.45, 7) is 2.45. The molecule has 1 atom stereocenters. The lowest BCUT2D eigenvalue weighted by molar-refractivity contribution is -0.123. The molecule has 0 aromatic heterocycles. The molecule has 2 N–H and O–H groups in total. The number of amides is 2. The van der Waals surface area contributed by atoms with Crippen molar-refractivity contribution in [2.24, 2.45) is 0 Å². The van der Waals surface area contributed by atoms with Crippen LogP contribution in [0.5, 0.6) is 0 Å². The summed E-state index contributed by atoms with van der Waals surface area (Å²) in [5.41, 5.74) is 2.56. The molecule has 2 amide bonds. The first-order chi connectivity index (χ1) is 12.5. The maximum absolute atomic E-state index is 12.6. The second-order valence-electron chi connectivity index (χ2n) is 5.99. The van der Waals surface area contributed by atoms with E-state index < -0.39 is 6.04 Å². The van der Waals surface area contributed by atoms with Crippen LogP contribution in [0.15, 0.2) is 48.5 Å². The summed E-state index contributed by atoms with van der Waals surface area (Å²) in [5, 5.41) is 6.08. The molecule has 6 heteroatoms. The maximum atomic E-state index is 12.6. The minimum atomic E-state index is -0.600. The summed E-state index contributed by atoms with van der Waals surface area (Å²) in [7, 11) is 0. The Labute approximate surface area is 163 Å². The van der Waals surface area contributed by atoms with Crippen LogP contribution < -0.4 is 10.6 Å². The number of rotatable bonds is 8. The lowest BCUT2D eigenvalue weighted by Gasteiger charge is -2.18. The number of benzene rings is 2. The number of nitrogens with one attached hydrogen (secondary N) is 2. The minimum absolute atomic E-state index is 0.194. The van der Waals surface area contributed by atoms with Crippen LogP contribution >= 0.6 is 23.4 Å². The van der Waals surface area contributed by atoms with Crippen molar-refractivity contribution >= 4 is 35.2 Å². The molecular formula is C20H23ClN2O2S. The first-order valence-electron chi connectivity index (χ1n) is 8.39. The standard InChI is InChI=1S/C20H23ClN2O2S/c1-14-7-9-15(10-8-14)13-22-20(25)18(11-12-26-2)23-19(24)16-5-3-4-6-17(16)21/h3-10,18H,11-13H2,1-2H3,(H,22,25)(H,23,24)/t18-/m0/s1. The van der Waals surface area contributed by atoms with Gasteiger partial charge in [0.2, 0.25) is 5.91 Å². The second kappa shape index (κ2) is 10.2. The highest BCUT2D eigenvalue weighted by molar-refractivity contribution is 7.98. The first-order valence-corrected chi connectivity index (χ1v) is 10.2. The maximum Gasteiger partial charge on any atom is 0.253 e. The van der Waals surface area contributed by atoms with E-state index in [0.29, 0.717) is 23.6 Å². The topological polar surface area (TPSA) is 58.2 Å². The van der Waals surface area contributed by atoms with Crippen LogP contribution in [0.1, 0.15) is 27.9 Å². The van der Waals surface area contributed by atoms with Gasteiger partial charge in [0.15, 0.2) is 0 Å². The first kappa shape index (κ1) is 20.3. The van der Waals surface area contributed by atoms with E-state index in [9.17, 15) is 9.59 Å². The summed E-state index contributed by atoms with van der Waals surface area (Å²) in [6, 6.07) is 14.2. The van der Waals surface area contributed by atoms with Crippen LogP contribution in [-0.4, -0.2) is 29.9 Å². The van der Waals surface area contributed by atoms with Crippen molar-refractivity contribution in [2.45, 2.75) is 25.9 Å². The largest absolute Gasteiger partial charge is 0.350 e. The Morgan fingerprint density at radius 3 is 2.46 bits per heavy atom. The number of hydrogen-bond acceptors (Lipinski definition) is 3. The summed E-state index contributed by atoms with van der Waals surface area (Å²) >= 11 is 7.71. The smallest absolute Gasteiger partial charge is 0.253 e. The number of hydrogen-bond donors (Lipinski definition) is 2. The van der Waals surface area contributed by atoms with Crippen LogP contribution in [0.25, 0.3) is 0 Å². The van der Waals surface area contributed by atoms with Gasteiger partial charge in [-0.15, -0.1) is 0 Å². The fourth-order valence-corrected chi connectivity index (χ4v) is 3.10. The molecule has 0 aliphatic rings. The highest BCUT2D eigenvalue weighted by atomic mass is 35.5. The molecule has 2 rings (SSSR count). The van der Waals surface area contributed by atoms with Crippen LogP contribution in [0.3, 0.4) is 0 Å².